The number of nitrogens with zero attached hydrogens (tertiary/aromatic N) is 3. The fraction of sp³-hybridized carbons (Fsp3) is 0.273. The molecule has 364 valence electrons. The van der Waals surface area contributed by atoms with Crippen molar-refractivity contribution < 1.29 is 26.2 Å². The molecule has 1 N–H and O–H groups in total. The number of phenols is 1. The Hall–Kier alpha value is -6.35. The van der Waals surface area contributed by atoms with E-state index in [2.05, 4.69) is 252 Å². The molecule has 7 aromatic carbocycles. The van der Waals surface area contributed by atoms with Gasteiger partial charge in [-0.05, 0) is 108 Å². The van der Waals surface area contributed by atoms with E-state index in [0.717, 1.165) is 83.6 Å². The fourth-order valence-electron chi connectivity index (χ4n) is 9.67. The van der Waals surface area contributed by atoms with Crippen molar-refractivity contribution >= 4 is 11.0 Å². The van der Waals surface area contributed by atoms with E-state index in [1.165, 1.54) is 16.7 Å². The number of pyridine rings is 1. The molecule has 2 heterocycles. The minimum absolute atomic E-state index is 0. The Morgan fingerprint density at radius 1 is 0.507 bits per heavy atom. The molecule has 0 aliphatic heterocycles. The maximum Gasteiger partial charge on any atom is 0.148 e. The summed E-state index contributed by atoms with van der Waals surface area (Å²) in [4.78, 5) is 10.7. The van der Waals surface area contributed by atoms with E-state index in [9.17, 15) is 5.11 Å². The van der Waals surface area contributed by atoms with Gasteiger partial charge in [0.05, 0.1) is 22.3 Å². The third-order valence-electron chi connectivity index (χ3n) is 13.9. The van der Waals surface area contributed by atoms with Crippen molar-refractivity contribution in [3.05, 3.63) is 192 Å². The molecule has 9 rings (SSSR count). The molecular weight excluding hydrogens is 1050 g/mol. The molecule has 4 nitrogen and oxygen atoms in total. The SMILES string of the molecule is CC(C)c1cc(-c2nc3c(-c4[c-]c(-c5cc(-c6ccc(C(C)(C)C)cc6)ccn5)cc(C(C)(C)C)c4)cccc3n2-c2cc(-c3ccccc3)c(C(C)(C)C)cc2-c2ccccc2)c(O)c(C(C)C)c1.[Pt]. The zero-order valence-corrected chi connectivity index (χ0v) is 46.0. The van der Waals surface area contributed by atoms with Crippen LogP contribution in [0.15, 0.2) is 158 Å². The molecular formula is C66H68N3OPt-. The number of hydrogen-bond acceptors (Lipinski definition) is 3. The molecule has 9 aromatic rings. The van der Waals surface area contributed by atoms with Crippen molar-refractivity contribution in [3.8, 4) is 78.6 Å². The molecule has 0 saturated carbocycles. The van der Waals surface area contributed by atoms with Crippen molar-refractivity contribution in [2.45, 2.75) is 118 Å². The van der Waals surface area contributed by atoms with Crippen molar-refractivity contribution in [1.29, 1.82) is 0 Å². The zero-order chi connectivity index (χ0) is 49.9. The molecule has 0 unspecified atom stereocenters. The molecule has 0 amide bonds. The second kappa shape index (κ2) is 19.7. The van der Waals surface area contributed by atoms with Crippen molar-refractivity contribution in [3.63, 3.8) is 0 Å². The minimum Gasteiger partial charge on any atom is -0.507 e. The van der Waals surface area contributed by atoms with Gasteiger partial charge in [-0.1, -0.05) is 210 Å². The van der Waals surface area contributed by atoms with Gasteiger partial charge in [0.25, 0.3) is 0 Å². The van der Waals surface area contributed by atoms with Crippen molar-refractivity contribution in [2.75, 3.05) is 0 Å². The van der Waals surface area contributed by atoms with E-state index in [-0.39, 0.29) is 54.9 Å². The van der Waals surface area contributed by atoms with Crippen LogP contribution in [0.4, 0.5) is 0 Å². The van der Waals surface area contributed by atoms with Gasteiger partial charge in [0.2, 0.25) is 0 Å². The van der Waals surface area contributed by atoms with Crippen LogP contribution in [0.2, 0.25) is 0 Å². The standard InChI is InChI=1S/C66H68N3O.Pt/c1-41(2)47-36-53(42(3)4)62(70)56(37-47)63-68-61-52(48-33-49(35-51(34-48)65(8,9)10)58-38-46(31-32-67-58)43-27-29-50(30-28-43)64(5,6)7)25-20-26-59(61)69(63)60-40-54(44-21-16-14-17-22-44)57(66(11,12)13)39-55(60)45-23-18-15-19-24-45;/h14-32,34-42,70H,1-13H3;/q-1;. The number of hydrogen-bond donors (Lipinski definition) is 1. The predicted octanol–water partition coefficient (Wildman–Crippen LogP) is 18.1. The first-order valence-corrected chi connectivity index (χ1v) is 25.0. The summed E-state index contributed by atoms with van der Waals surface area (Å²) < 4.78 is 2.31. The Bertz CT molecular complexity index is 3360. The number of phenolic OH excluding ortho intramolecular Hbond substituents is 1. The van der Waals surface area contributed by atoms with Gasteiger partial charge in [-0.25, -0.2) is 4.98 Å². The first kappa shape index (κ1) is 51.0. The number of fused-ring (bicyclic) bond motifs is 1. The molecule has 5 heteroatoms. The zero-order valence-electron chi connectivity index (χ0n) is 43.8. The molecule has 2 aromatic heterocycles. The fourth-order valence-corrected chi connectivity index (χ4v) is 9.67. The average Bonchev–Trinajstić information content (AvgIpc) is 3.72. The van der Waals surface area contributed by atoms with E-state index in [1.54, 1.807) is 0 Å². The van der Waals surface area contributed by atoms with Crippen LogP contribution in [0.3, 0.4) is 0 Å². The van der Waals surface area contributed by atoms with E-state index in [4.69, 9.17) is 9.97 Å². The van der Waals surface area contributed by atoms with Crippen LogP contribution >= 0.6 is 0 Å². The summed E-state index contributed by atoms with van der Waals surface area (Å²) in [7, 11) is 0. The Morgan fingerprint density at radius 2 is 1.13 bits per heavy atom. The maximum atomic E-state index is 12.5. The number of benzene rings is 7. The third kappa shape index (κ3) is 10.2. The van der Waals surface area contributed by atoms with Crippen LogP contribution in [0.25, 0.3) is 83.9 Å². The summed E-state index contributed by atoms with van der Waals surface area (Å²) in [6, 6.07) is 58.6. The van der Waals surface area contributed by atoms with Gasteiger partial charge >= 0.3 is 0 Å². The summed E-state index contributed by atoms with van der Waals surface area (Å²) >= 11 is 0. The van der Waals surface area contributed by atoms with Gasteiger partial charge in [0.15, 0.2) is 0 Å². The predicted molar refractivity (Wildman–Crippen MR) is 296 cm³/mol. The van der Waals surface area contributed by atoms with Crippen LogP contribution in [0.5, 0.6) is 5.75 Å². The first-order chi connectivity index (χ1) is 33.2. The van der Waals surface area contributed by atoms with Crippen molar-refractivity contribution in [1.82, 2.24) is 14.5 Å². The molecule has 0 radical (unpaired) electrons. The normalized spacial score (nSPS) is 12.2. The number of aromatic nitrogens is 3. The Morgan fingerprint density at radius 3 is 1.72 bits per heavy atom. The van der Waals surface area contributed by atoms with Crippen LogP contribution in [-0.4, -0.2) is 19.6 Å². The molecule has 0 saturated heterocycles. The second-order valence-electron chi connectivity index (χ2n) is 22.9. The molecule has 0 spiro atoms. The van der Waals surface area contributed by atoms with Crippen LogP contribution < -0.4 is 0 Å². The number of imidazole rings is 1. The number of aromatic hydroxyl groups is 1. The molecule has 0 aliphatic carbocycles. The third-order valence-corrected chi connectivity index (χ3v) is 13.9. The average molecular weight is 1110 g/mol. The van der Waals surface area contributed by atoms with E-state index in [1.807, 2.05) is 6.20 Å². The van der Waals surface area contributed by atoms with Gasteiger partial charge in [-0.3, -0.25) is 9.55 Å². The van der Waals surface area contributed by atoms with Gasteiger partial charge in [-0.2, -0.15) is 0 Å². The van der Waals surface area contributed by atoms with E-state index < -0.39 is 0 Å². The largest absolute Gasteiger partial charge is 0.507 e. The summed E-state index contributed by atoms with van der Waals surface area (Å²) in [5.41, 5.74) is 19.4. The Kier molecular flexibility index (Phi) is 14.1. The summed E-state index contributed by atoms with van der Waals surface area (Å²) in [5.74, 6) is 1.26. The number of para-hydroxylation sites is 1. The molecule has 0 fully saturated rings. The Labute approximate surface area is 437 Å². The summed E-state index contributed by atoms with van der Waals surface area (Å²) in [5, 5.41) is 12.5. The van der Waals surface area contributed by atoms with Crippen LogP contribution in [0.1, 0.15) is 130 Å². The summed E-state index contributed by atoms with van der Waals surface area (Å²) in [6.45, 7) is 29.1. The van der Waals surface area contributed by atoms with Crippen molar-refractivity contribution in [2.24, 2.45) is 0 Å². The van der Waals surface area contributed by atoms with E-state index >= 15 is 0 Å². The number of rotatable bonds is 9. The van der Waals surface area contributed by atoms with Crippen LogP contribution in [-0.2, 0) is 37.3 Å². The summed E-state index contributed by atoms with van der Waals surface area (Å²) in [6.07, 6.45) is 1.91. The smallest absolute Gasteiger partial charge is 0.148 e. The minimum atomic E-state index is -0.180. The monoisotopic (exact) mass is 1110 g/mol. The topological polar surface area (TPSA) is 50.9 Å². The quantitative estimate of drug-likeness (QED) is 0.147. The van der Waals surface area contributed by atoms with Gasteiger partial charge in [-0.15, -0.1) is 29.3 Å². The van der Waals surface area contributed by atoms with Gasteiger partial charge < -0.3 is 5.11 Å². The molecule has 0 atom stereocenters. The van der Waals surface area contributed by atoms with Gasteiger partial charge in [0, 0.05) is 38.5 Å². The van der Waals surface area contributed by atoms with E-state index in [0.29, 0.717) is 11.4 Å². The maximum absolute atomic E-state index is 12.5. The Balaban J connectivity index is 0.00000676. The molecule has 0 bridgehead atoms. The molecule has 71 heavy (non-hydrogen) atoms. The van der Waals surface area contributed by atoms with Gasteiger partial charge in [0.1, 0.15) is 11.6 Å². The molecule has 0 aliphatic rings. The van der Waals surface area contributed by atoms with Crippen LogP contribution in [0, 0.1) is 6.07 Å². The second-order valence-corrected chi connectivity index (χ2v) is 22.9. The first-order valence-electron chi connectivity index (χ1n) is 25.0.